The fraction of sp³-hybridized carbons (Fsp3) is 0.533. The molecule has 0 aromatic heterocycles. The highest BCUT2D eigenvalue weighted by atomic mass is 32.2. The van der Waals surface area contributed by atoms with Gasteiger partial charge < -0.3 is 9.84 Å². The Balaban J connectivity index is 2.44. The molecule has 124 valence electrons. The van der Waals surface area contributed by atoms with Gasteiger partial charge in [-0.3, -0.25) is 8.98 Å². The molecule has 0 radical (unpaired) electrons. The lowest BCUT2D eigenvalue weighted by Gasteiger charge is -2.11. The Bertz CT molecular complexity index is 564. The number of carbonyl (C=O) groups excluding carboxylic acids is 1. The van der Waals surface area contributed by atoms with Crippen molar-refractivity contribution in [1.29, 1.82) is 0 Å². The molecule has 0 bridgehead atoms. The lowest BCUT2D eigenvalue weighted by atomic mass is 10.2. The lowest BCUT2D eigenvalue weighted by Crippen LogP contribution is -2.23. The Morgan fingerprint density at radius 3 is 2.50 bits per heavy atom. The van der Waals surface area contributed by atoms with Gasteiger partial charge in [-0.1, -0.05) is 31.0 Å². The van der Waals surface area contributed by atoms with E-state index in [0.29, 0.717) is 6.61 Å². The van der Waals surface area contributed by atoms with Crippen molar-refractivity contribution in [3.05, 3.63) is 29.8 Å². The minimum atomic E-state index is -3.94. The maximum absolute atomic E-state index is 11.9. The number of hydrogen-bond donors (Lipinski definition) is 1. The fourth-order valence-corrected chi connectivity index (χ4v) is 2.52. The van der Waals surface area contributed by atoms with Gasteiger partial charge in [0.25, 0.3) is 10.1 Å². The Kier molecular flexibility index (Phi) is 7.50. The Hall–Kier alpha value is -1.44. The molecule has 6 nitrogen and oxygen atoms in total. The zero-order chi connectivity index (χ0) is 16.6. The summed E-state index contributed by atoms with van der Waals surface area (Å²) >= 11 is 0. The topological polar surface area (TPSA) is 89.9 Å². The third kappa shape index (κ3) is 6.55. The average Bonchev–Trinajstić information content (AvgIpc) is 2.46. The van der Waals surface area contributed by atoms with Crippen LogP contribution in [-0.2, 0) is 23.8 Å². The molecule has 1 aromatic carbocycles. The fourth-order valence-electron chi connectivity index (χ4n) is 1.58. The molecule has 0 fully saturated rings. The predicted octanol–water partition coefficient (Wildman–Crippen LogP) is 1.79. The molecule has 0 aliphatic rings. The van der Waals surface area contributed by atoms with E-state index in [2.05, 4.69) is 0 Å². The largest absolute Gasteiger partial charge is 0.466 e. The van der Waals surface area contributed by atoms with Gasteiger partial charge in [0.1, 0.15) is 0 Å². The Morgan fingerprint density at radius 1 is 1.27 bits per heavy atom. The number of esters is 1. The van der Waals surface area contributed by atoms with Gasteiger partial charge in [-0.25, -0.2) is 0 Å². The third-order valence-electron chi connectivity index (χ3n) is 2.89. The van der Waals surface area contributed by atoms with Crippen molar-refractivity contribution in [2.75, 3.05) is 13.2 Å². The van der Waals surface area contributed by atoms with Crippen molar-refractivity contribution in [1.82, 2.24) is 0 Å². The van der Waals surface area contributed by atoms with Crippen LogP contribution in [0.2, 0.25) is 0 Å². The first-order valence-electron chi connectivity index (χ1n) is 7.15. The summed E-state index contributed by atoms with van der Waals surface area (Å²) in [7, 11) is -3.94. The maximum atomic E-state index is 11.9. The molecule has 0 amide bonds. The van der Waals surface area contributed by atoms with Gasteiger partial charge in [0.15, 0.2) is 0 Å². The molecule has 1 N–H and O–H groups in total. The summed E-state index contributed by atoms with van der Waals surface area (Å²) < 4.78 is 33.4. The number of unbranched alkanes of at least 4 members (excludes halogenated alkanes) is 1. The minimum absolute atomic E-state index is 0.0100. The first-order valence-corrected chi connectivity index (χ1v) is 8.55. The summed E-state index contributed by atoms with van der Waals surface area (Å²) in [4.78, 5) is 11.4. The first kappa shape index (κ1) is 18.6. The highest BCUT2D eigenvalue weighted by Gasteiger charge is 2.19. The van der Waals surface area contributed by atoms with Gasteiger partial charge in [0.05, 0.1) is 30.6 Å². The number of benzene rings is 1. The van der Waals surface area contributed by atoms with Gasteiger partial charge in [-0.2, -0.15) is 8.42 Å². The summed E-state index contributed by atoms with van der Waals surface area (Å²) in [5, 5.41) is 9.64. The van der Waals surface area contributed by atoms with E-state index in [1.165, 1.54) is 12.1 Å². The first-order chi connectivity index (χ1) is 10.3. The second-order valence-electron chi connectivity index (χ2n) is 4.98. The molecule has 1 rings (SSSR count). The number of aliphatic hydroxyl groups excluding tert-OH is 1. The highest BCUT2D eigenvalue weighted by molar-refractivity contribution is 7.86. The minimum Gasteiger partial charge on any atom is -0.466 e. The van der Waals surface area contributed by atoms with Crippen LogP contribution in [-0.4, -0.2) is 38.8 Å². The third-order valence-corrected chi connectivity index (χ3v) is 4.18. The van der Waals surface area contributed by atoms with E-state index in [0.717, 1.165) is 18.4 Å². The number of carbonyl (C=O) groups is 1. The van der Waals surface area contributed by atoms with Crippen LogP contribution in [0.1, 0.15) is 31.7 Å². The molecule has 0 saturated carbocycles. The van der Waals surface area contributed by atoms with E-state index < -0.39 is 28.8 Å². The molecule has 0 heterocycles. The number of aryl methyl sites for hydroxylation is 1. The van der Waals surface area contributed by atoms with E-state index in [1.807, 2.05) is 13.8 Å². The van der Waals surface area contributed by atoms with Crippen molar-refractivity contribution in [2.45, 2.75) is 44.1 Å². The maximum Gasteiger partial charge on any atom is 0.308 e. The van der Waals surface area contributed by atoms with Crippen molar-refractivity contribution < 1.29 is 27.2 Å². The van der Waals surface area contributed by atoms with E-state index >= 15 is 0 Å². The number of ether oxygens (including phenoxy) is 1. The number of hydrogen-bond acceptors (Lipinski definition) is 6. The summed E-state index contributed by atoms with van der Waals surface area (Å²) in [6.45, 7) is 3.61. The van der Waals surface area contributed by atoms with Crippen LogP contribution in [0.15, 0.2) is 29.2 Å². The molecule has 0 spiro atoms. The molecule has 1 unspecified atom stereocenters. The van der Waals surface area contributed by atoms with E-state index in [9.17, 15) is 18.3 Å². The molecule has 1 atom stereocenters. The normalized spacial score (nSPS) is 12.9. The zero-order valence-electron chi connectivity index (χ0n) is 12.8. The summed E-state index contributed by atoms with van der Waals surface area (Å²) in [5.41, 5.74) is 0.925. The molecule has 1 aromatic rings. The van der Waals surface area contributed by atoms with Crippen LogP contribution in [0, 0.1) is 6.92 Å². The SMILES string of the molecule is CCCCOC(=O)CC(O)COS(=O)(=O)c1ccc(C)cc1. The van der Waals surface area contributed by atoms with Crippen molar-refractivity contribution in [3.8, 4) is 0 Å². The van der Waals surface area contributed by atoms with Crippen LogP contribution >= 0.6 is 0 Å². The van der Waals surface area contributed by atoms with Crippen LogP contribution in [0.5, 0.6) is 0 Å². The molecule has 0 aliphatic carbocycles. The van der Waals surface area contributed by atoms with Crippen LogP contribution < -0.4 is 0 Å². The van der Waals surface area contributed by atoms with E-state index in [1.54, 1.807) is 12.1 Å². The standard InChI is InChI=1S/C15H22O6S/c1-3-4-9-20-15(17)10-13(16)11-21-22(18,19)14-7-5-12(2)6-8-14/h5-8,13,16H,3-4,9-11H2,1-2H3. The van der Waals surface area contributed by atoms with Crippen molar-refractivity contribution in [3.63, 3.8) is 0 Å². The predicted molar refractivity (Wildman–Crippen MR) is 80.8 cm³/mol. The van der Waals surface area contributed by atoms with E-state index in [-0.39, 0.29) is 11.3 Å². The van der Waals surface area contributed by atoms with Gasteiger partial charge in [0.2, 0.25) is 0 Å². The Morgan fingerprint density at radius 2 is 1.91 bits per heavy atom. The second-order valence-corrected chi connectivity index (χ2v) is 6.60. The monoisotopic (exact) mass is 330 g/mol. The second kappa shape index (κ2) is 8.87. The van der Waals surface area contributed by atoms with Gasteiger partial charge in [0, 0.05) is 0 Å². The average molecular weight is 330 g/mol. The molecular formula is C15H22O6S. The van der Waals surface area contributed by atoms with Gasteiger partial charge in [-0.15, -0.1) is 0 Å². The van der Waals surface area contributed by atoms with Gasteiger partial charge >= 0.3 is 5.97 Å². The van der Waals surface area contributed by atoms with Crippen molar-refractivity contribution >= 4 is 16.1 Å². The summed E-state index contributed by atoms with van der Waals surface area (Å²) in [5.74, 6) is -0.572. The molecule has 7 heteroatoms. The van der Waals surface area contributed by atoms with E-state index in [4.69, 9.17) is 8.92 Å². The van der Waals surface area contributed by atoms with Gasteiger partial charge in [-0.05, 0) is 25.5 Å². The number of rotatable bonds is 9. The molecular weight excluding hydrogens is 308 g/mol. The smallest absolute Gasteiger partial charge is 0.308 e. The molecule has 0 saturated heterocycles. The molecule has 22 heavy (non-hydrogen) atoms. The Labute approximate surface area is 131 Å². The van der Waals surface area contributed by atoms with Crippen molar-refractivity contribution in [2.24, 2.45) is 0 Å². The van der Waals surface area contributed by atoms with Crippen LogP contribution in [0.25, 0.3) is 0 Å². The number of aliphatic hydroxyl groups is 1. The summed E-state index contributed by atoms with van der Waals surface area (Å²) in [6.07, 6.45) is 0.121. The zero-order valence-corrected chi connectivity index (χ0v) is 13.6. The lowest BCUT2D eigenvalue weighted by molar-refractivity contribution is -0.146. The molecule has 0 aliphatic heterocycles. The highest BCUT2D eigenvalue weighted by Crippen LogP contribution is 2.14. The van der Waals surface area contributed by atoms with Crippen LogP contribution in [0.3, 0.4) is 0 Å². The quantitative estimate of drug-likeness (QED) is 0.422. The van der Waals surface area contributed by atoms with Crippen LogP contribution in [0.4, 0.5) is 0 Å². The summed E-state index contributed by atoms with van der Waals surface area (Å²) in [6, 6.07) is 6.15.